The van der Waals surface area contributed by atoms with Crippen LogP contribution in [0.3, 0.4) is 0 Å². The molecule has 1 aromatic carbocycles. The number of fused-ring (bicyclic) bond motifs is 1. The molecule has 0 saturated carbocycles. The van der Waals surface area contributed by atoms with E-state index < -0.39 is 0 Å². The van der Waals surface area contributed by atoms with Crippen molar-refractivity contribution < 1.29 is 4.79 Å². The molecule has 1 amide bonds. The molecule has 3 heterocycles. The number of aryl methyl sites for hydroxylation is 2. The summed E-state index contributed by atoms with van der Waals surface area (Å²) in [6.07, 6.45) is 4.97. The van der Waals surface area contributed by atoms with Crippen molar-refractivity contribution in [1.29, 1.82) is 0 Å². The number of rotatable bonds is 3. The normalized spacial score (nSPS) is 18.0. The Hall–Kier alpha value is -2.63. The first kappa shape index (κ1) is 15.9. The highest BCUT2D eigenvalue weighted by atomic mass is 16.2. The van der Waals surface area contributed by atoms with Gasteiger partial charge in [0.05, 0.1) is 35.6 Å². The molecule has 0 unspecified atom stereocenters. The van der Waals surface area contributed by atoms with Gasteiger partial charge in [0.1, 0.15) is 0 Å². The molecule has 1 atom stereocenters. The van der Waals surface area contributed by atoms with Crippen molar-refractivity contribution in [1.82, 2.24) is 24.9 Å². The quantitative estimate of drug-likeness (QED) is 0.799. The second-order valence-corrected chi connectivity index (χ2v) is 6.89. The predicted octanol–water partition coefficient (Wildman–Crippen LogP) is 3.07. The Bertz CT molecular complexity index is 910. The number of carbonyl (C=O) groups is 1. The molecule has 1 saturated heterocycles. The highest BCUT2D eigenvalue weighted by molar-refractivity contribution is 6.06. The van der Waals surface area contributed by atoms with E-state index >= 15 is 0 Å². The monoisotopic (exact) mass is 337 g/mol. The van der Waals surface area contributed by atoms with E-state index in [1.807, 2.05) is 34.7 Å². The van der Waals surface area contributed by atoms with Crippen LogP contribution in [-0.4, -0.2) is 43.4 Å². The van der Waals surface area contributed by atoms with Crippen molar-refractivity contribution in [3.05, 3.63) is 47.4 Å². The zero-order chi connectivity index (χ0) is 17.4. The van der Waals surface area contributed by atoms with E-state index in [2.05, 4.69) is 28.3 Å². The molecule has 6 nitrogen and oxygen atoms in total. The molecule has 0 radical (unpaired) electrons. The van der Waals surface area contributed by atoms with Crippen molar-refractivity contribution in [2.75, 3.05) is 6.54 Å². The minimum atomic E-state index is 0.0956. The van der Waals surface area contributed by atoms with Crippen LogP contribution < -0.4 is 0 Å². The zero-order valence-corrected chi connectivity index (χ0v) is 14.7. The molecular formula is C19H23N5O. The lowest BCUT2D eigenvalue weighted by atomic mass is 9.99. The minimum absolute atomic E-state index is 0.0956. The van der Waals surface area contributed by atoms with Crippen LogP contribution in [0, 0.1) is 13.8 Å². The van der Waals surface area contributed by atoms with Gasteiger partial charge >= 0.3 is 0 Å². The van der Waals surface area contributed by atoms with Crippen LogP contribution in [0.4, 0.5) is 0 Å². The maximum absolute atomic E-state index is 13.3. The average Bonchev–Trinajstić information content (AvgIpc) is 3.21. The van der Waals surface area contributed by atoms with E-state index in [1.54, 1.807) is 6.20 Å². The second-order valence-electron chi connectivity index (χ2n) is 6.89. The van der Waals surface area contributed by atoms with Crippen LogP contribution in [0.5, 0.6) is 0 Å². The predicted molar refractivity (Wildman–Crippen MR) is 96.5 cm³/mol. The molecule has 130 valence electrons. The molecule has 1 fully saturated rings. The Labute approximate surface area is 146 Å². The van der Waals surface area contributed by atoms with Crippen molar-refractivity contribution >= 4 is 16.8 Å². The number of likely N-dealkylation sites (tertiary alicyclic amines) is 1. The van der Waals surface area contributed by atoms with E-state index in [4.69, 9.17) is 0 Å². The van der Waals surface area contributed by atoms with Gasteiger partial charge in [-0.15, -0.1) is 0 Å². The lowest BCUT2D eigenvalue weighted by Gasteiger charge is -2.36. The molecular weight excluding hydrogens is 314 g/mol. The number of hydrogen-bond donors (Lipinski definition) is 1. The van der Waals surface area contributed by atoms with E-state index in [0.29, 0.717) is 0 Å². The highest BCUT2D eigenvalue weighted by Gasteiger charge is 2.29. The number of aromatic nitrogens is 4. The largest absolute Gasteiger partial charge is 0.334 e. The molecule has 25 heavy (non-hydrogen) atoms. The summed E-state index contributed by atoms with van der Waals surface area (Å²) < 4.78 is 2.03. The first-order valence-electron chi connectivity index (χ1n) is 8.87. The summed E-state index contributed by atoms with van der Waals surface area (Å²) in [7, 11) is 0. The Kier molecular flexibility index (Phi) is 4.03. The molecule has 1 aliphatic heterocycles. The third-order valence-electron chi connectivity index (χ3n) is 5.09. The van der Waals surface area contributed by atoms with Crippen molar-refractivity contribution in [3.8, 4) is 0 Å². The summed E-state index contributed by atoms with van der Waals surface area (Å²) >= 11 is 0. The average molecular weight is 337 g/mol. The van der Waals surface area contributed by atoms with Crippen molar-refractivity contribution in [2.24, 2.45) is 0 Å². The summed E-state index contributed by atoms with van der Waals surface area (Å²) in [6, 6.07) is 8.02. The number of H-pyrrole nitrogens is 1. The van der Waals surface area contributed by atoms with Gasteiger partial charge in [0.15, 0.2) is 0 Å². The molecule has 0 aliphatic carbocycles. The van der Waals surface area contributed by atoms with Gasteiger partial charge in [-0.1, -0.05) is 6.07 Å². The number of nitrogens with one attached hydrogen (secondary N) is 1. The Morgan fingerprint density at radius 3 is 3.00 bits per heavy atom. The summed E-state index contributed by atoms with van der Waals surface area (Å²) in [5.41, 5.74) is 3.80. The summed E-state index contributed by atoms with van der Waals surface area (Å²) in [5.74, 6) is 0.0956. The molecule has 2 aromatic heterocycles. The van der Waals surface area contributed by atoms with E-state index in [9.17, 15) is 4.79 Å². The lowest BCUT2D eigenvalue weighted by molar-refractivity contribution is 0.0585. The lowest BCUT2D eigenvalue weighted by Crippen LogP contribution is -2.46. The van der Waals surface area contributed by atoms with Gasteiger partial charge in [-0.05, 0) is 51.3 Å². The van der Waals surface area contributed by atoms with Gasteiger partial charge in [-0.25, -0.2) is 0 Å². The highest BCUT2D eigenvalue weighted by Crippen LogP contribution is 2.24. The summed E-state index contributed by atoms with van der Waals surface area (Å²) in [4.78, 5) is 15.3. The number of benzene rings is 1. The summed E-state index contributed by atoms with van der Waals surface area (Å²) in [5, 5.41) is 12.5. The maximum Gasteiger partial charge on any atom is 0.254 e. The fourth-order valence-corrected chi connectivity index (χ4v) is 3.83. The van der Waals surface area contributed by atoms with Crippen LogP contribution >= 0.6 is 0 Å². The molecule has 0 bridgehead atoms. The SMILES string of the molecule is Cc1cc(C)n(C[C@@H]2CCCCN2C(=O)c2cccc3[nH]ncc23)n1. The number of amides is 1. The number of aromatic amines is 1. The van der Waals surface area contributed by atoms with Gasteiger partial charge in [-0.3, -0.25) is 14.6 Å². The maximum atomic E-state index is 13.3. The Morgan fingerprint density at radius 2 is 2.20 bits per heavy atom. The van der Waals surface area contributed by atoms with Crippen LogP contribution in [0.2, 0.25) is 0 Å². The molecule has 4 rings (SSSR count). The number of carbonyl (C=O) groups excluding carboxylic acids is 1. The molecule has 3 aromatic rings. The molecule has 1 aliphatic rings. The fourth-order valence-electron chi connectivity index (χ4n) is 3.83. The zero-order valence-electron chi connectivity index (χ0n) is 14.7. The molecule has 6 heteroatoms. The van der Waals surface area contributed by atoms with Gasteiger partial charge in [-0.2, -0.15) is 10.2 Å². The second kappa shape index (κ2) is 6.35. The van der Waals surface area contributed by atoms with Gasteiger partial charge in [0.25, 0.3) is 5.91 Å². The number of nitrogens with zero attached hydrogens (tertiary/aromatic N) is 4. The van der Waals surface area contributed by atoms with Gasteiger partial charge in [0.2, 0.25) is 0 Å². The fraction of sp³-hybridized carbons (Fsp3) is 0.421. The number of hydrogen-bond acceptors (Lipinski definition) is 3. The van der Waals surface area contributed by atoms with E-state index in [-0.39, 0.29) is 11.9 Å². The molecule has 0 spiro atoms. The van der Waals surface area contributed by atoms with E-state index in [0.717, 1.165) is 60.2 Å². The molecule has 1 N–H and O–H groups in total. The number of piperidine rings is 1. The van der Waals surface area contributed by atoms with Gasteiger partial charge in [0, 0.05) is 17.6 Å². The van der Waals surface area contributed by atoms with E-state index in [1.165, 1.54) is 0 Å². The van der Waals surface area contributed by atoms with Crippen LogP contribution in [0.25, 0.3) is 10.9 Å². The first-order valence-corrected chi connectivity index (χ1v) is 8.87. The van der Waals surface area contributed by atoms with Crippen LogP contribution in [0.1, 0.15) is 41.0 Å². The topological polar surface area (TPSA) is 66.8 Å². The van der Waals surface area contributed by atoms with Crippen molar-refractivity contribution in [3.63, 3.8) is 0 Å². The standard InChI is InChI=1S/C19H23N5O/c1-13-10-14(2)24(22-13)12-15-6-3-4-9-23(15)19(25)16-7-5-8-18-17(16)11-20-21-18/h5,7-8,10-11,15H,3-4,6,9,12H2,1-2H3,(H,20,21)/t15-/m0/s1. The first-order chi connectivity index (χ1) is 12.1. The Balaban J connectivity index is 1.63. The van der Waals surface area contributed by atoms with Crippen LogP contribution in [-0.2, 0) is 6.54 Å². The minimum Gasteiger partial charge on any atom is -0.334 e. The summed E-state index contributed by atoms with van der Waals surface area (Å²) in [6.45, 7) is 5.64. The smallest absolute Gasteiger partial charge is 0.254 e. The van der Waals surface area contributed by atoms with Crippen molar-refractivity contribution in [2.45, 2.75) is 45.7 Å². The van der Waals surface area contributed by atoms with Crippen LogP contribution in [0.15, 0.2) is 30.5 Å². The third kappa shape index (κ3) is 2.92. The van der Waals surface area contributed by atoms with Gasteiger partial charge < -0.3 is 4.90 Å². The Morgan fingerprint density at radius 1 is 1.32 bits per heavy atom. The third-order valence-corrected chi connectivity index (χ3v) is 5.09.